The van der Waals surface area contributed by atoms with Crippen molar-refractivity contribution in [2.24, 2.45) is 16.6 Å². The zero-order chi connectivity index (χ0) is 13.6. The molecule has 3 atom stereocenters. The number of aromatic nitrogens is 1. The molecule has 1 aromatic heterocycles. The van der Waals surface area contributed by atoms with E-state index in [0.29, 0.717) is 4.47 Å². The third kappa shape index (κ3) is 1.82. The summed E-state index contributed by atoms with van der Waals surface area (Å²) < 4.78 is 33.6. The summed E-state index contributed by atoms with van der Waals surface area (Å²) in [5.41, 5.74) is 4.42. The highest BCUT2D eigenvalue weighted by atomic mass is 79.9. The smallest absolute Gasteiger partial charge is 0.283 e. The molecule has 4 nitrogen and oxygen atoms in total. The Morgan fingerprint density at radius 2 is 2.32 bits per heavy atom. The largest absolute Gasteiger partial charge is 0.462 e. The van der Waals surface area contributed by atoms with E-state index in [2.05, 4.69) is 25.9 Å². The lowest BCUT2D eigenvalue weighted by molar-refractivity contribution is -0.0435. The Balaban J connectivity index is 2.17. The maximum Gasteiger partial charge on any atom is 0.283 e. The normalized spacial score (nSPS) is 32.9. The van der Waals surface area contributed by atoms with Crippen molar-refractivity contribution < 1.29 is 13.5 Å². The van der Waals surface area contributed by atoms with E-state index in [-0.39, 0.29) is 23.6 Å². The van der Waals surface area contributed by atoms with E-state index in [1.807, 2.05) is 0 Å². The Labute approximate surface area is 117 Å². The molecule has 1 aliphatic carbocycles. The van der Waals surface area contributed by atoms with Gasteiger partial charge in [0.05, 0.1) is 0 Å². The van der Waals surface area contributed by atoms with Crippen LogP contribution in [0.3, 0.4) is 0 Å². The summed E-state index contributed by atoms with van der Waals surface area (Å²) in [5, 5.41) is 0. The van der Waals surface area contributed by atoms with Crippen LogP contribution in [-0.2, 0) is 10.3 Å². The van der Waals surface area contributed by atoms with Crippen LogP contribution in [0, 0.1) is 11.9 Å². The lowest BCUT2D eigenvalue weighted by atomic mass is 9.66. The number of alkyl halides is 1. The average Bonchev–Trinajstić information content (AvgIpc) is 2.35. The fourth-order valence-corrected chi connectivity index (χ4v) is 3.14. The molecule has 2 heterocycles. The summed E-state index contributed by atoms with van der Waals surface area (Å²) in [6.45, 7) is -0.826. The van der Waals surface area contributed by atoms with E-state index in [4.69, 9.17) is 10.5 Å². The quantitative estimate of drug-likeness (QED) is 0.845. The second-order valence-corrected chi connectivity index (χ2v) is 5.76. The second kappa shape index (κ2) is 4.40. The Kier molecular flexibility index (Phi) is 2.96. The van der Waals surface area contributed by atoms with E-state index < -0.39 is 18.2 Å². The second-order valence-electron chi connectivity index (χ2n) is 4.84. The molecule has 1 aromatic rings. The lowest BCUT2D eigenvalue weighted by Gasteiger charge is -2.49. The highest BCUT2D eigenvalue weighted by molar-refractivity contribution is 9.10. The predicted octanol–water partition coefficient (Wildman–Crippen LogP) is 2.27. The standard InChI is InChI=1S/C12H12BrF2N3O/c13-6-3-8(10(15)17-4-6)12(5-14)7-1-2-9(7)19-11(16)18-12/h3-4,7,9H,1-2,5H2,(H2,16,18). The molecule has 3 unspecified atom stereocenters. The minimum atomic E-state index is -1.31. The summed E-state index contributed by atoms with van der Waals surface area (Å²) >= 11 is 3.22. The molecule has 0 bridgehead atoms. The highest BCUT2D eigenvalue weighted by Gasteiger charge is 2.55. The van der Waals surface area contributed by atoms with Crippen LogP contribution in [0.1, 0.15) is 18.4 Å². The Morgan fingerprint density at radius 3 is 2.95 bits per heavy atom. The molecule has 0 radical (unpaired) electrons. The maximum absolute atomic E-state index is 14.0. The van der Waals surface area contributed by atoms with Gasteiger partial charge in [-0.15, -0.1) is 0 Å². The zero-order valence-electron chi connectivity index (χ0n) is 9.94. The number of fused-ring (bicyclic) bond motifs is 1. The van der Waals surface area contributed by atoms with Crippen molar-refractivity contribution in [3.05, 3.63) is 28.2 Å². The number of halogens is 3. The minimum absolute atomic E-state index is 0.0852. The molecule has 2 aliphatic rings. The van der Waals surface area contributed by atoms with Crippen LogP contribution in [0.5, 0.6) is 0 Å². The third-order valence-corrected chi connectivity index (χ3v) is 4.32. The van der Waals surface area contributed by atoms with E-state index in [0.717, 1.165) is 12.8 Å². The number of pyridine rings is 1. The number of aliphatic imine (C=N–C) groups is 1. The number of ether oxygens (including phenoxy) is 1. The van der Waals surface area contributed by atoms with Crippen LogP contribution in [0.25, 0.3) is 0 Å². The minimum Gasteiger partial charge on any atom is -0.462 e. The van der Waals surface area contributed by atoms with E-state index in [9.17, 15) is 8.78 Å². The zero-order valence-corrected chi connectivity index (χ0v) is 11.5. The van der Waals surface area contributed by atoms with Gasteiger partial charge < -0.3 is 10.5 Å². The Morgan fingerprint density at radius 1 is 1.53 bits per heavy atom. The van der Waals surface area contributed by atoms with Crippen LogP contribution in [0.2, 0.25) is 0 Å². The number of nitrogens with two attached hydrogens (primary N) is 1. The van der Waals surface area contributed by atoms with Crippen molar-refractivity contribution in [1.29, 1.82) is 0 Å². The van der Waals surface area contributed by atoms with Crippen molar-refractivity contribution in [3.8, 4) is 0 Å². The summed E-state index contributed by atoms with van der Waals surface area (Å²) in [4.78, 5) is 7.71. The Bertz CT molecular complexity index is 554. The molecule has 19 heavy (non-hydrogen) atoms. The van der Waals surface area contributed by atoms with Crippen molar-refractivity contribution in [2.45, 2.75) is 24.5 Å². The fourth-order valence-electron chi connectivity index (χ4n) is 2.80. The van der Waals surface area contributed by atoms with Crippen LogP contribution in [0.15, 0.2) is 21.7 Å². The highest BCUT2D eigenvalue weighted by Crippen LogP contribution is 2.50. The molecule has 0 amide bonds. The summed E-state index contributed by atoms with van der Waals surface area (Å²) in [5.74, 6) is -0.916. The molecule has 1 fully saturated rings. The first kappa shape index (κ1) is 12.8. The van der Waals surface area contributed by atoms with Gasteiger partial charge >= 0.3 is 0 Å². The lowest BCUT2D eigenvalue weighted by Crippen LogP contribution is -2.55. The molecule has 102 valence electrons. The van der Waals surface area contributed by atoms with Gasteiger partial charge in [-0.25, -0.2) is 14.4 Å². The first-order valence-electron chi connectivity index (χ1n) is 5.96. The number of hydrogen-bond acceptors (Lipinski definition) is 4. The van der Waals surface area contributed by atoms with Gasteiger partial charge in [-0.05, 0) is 34.8 Å². The topological polar surface area (TPSA) is 60.5 Å². The molecular weight excluding hydrogens is 320 g/mol. The van der Waals surface area contributed by atoms with E-state index in [1.165, 1.54) is 12.3 Å². The molecule has 0 spiro atoms. The Hall–Kier alpha value is -1.24. The molecule has 1 aliphatic heterocycles. The van der Waals surface area contributed by atoms with Gasteiger partial charge in [0, 0.05) is 22.2 Å². The molecule has 3 rings (SSSR count). The molecule has 2 N–H and O–H groups in total. The van der Waals surface area contributed by atoms with Gasteiger partial charge in [0.1, 0.15) is 18.3 Å². The summed E-state index contributed by atoms with van der Waals surface area (Å²) in [7, 11) is 0. The van der Waals surface area contributed by atoms with Crippen LogP contribution >= 0.6 is 15.9 Å². The monoisotopic (exact) mass is 331 g/mol. The van der Waals surface area contributed by atoms with Crippen molar-refractivity contribution >= 4 is 22.0 Å². The molecule has 1 saturated carbocycles. The van der Waals surface area contributed by atoms with Crippen molar-refractivity contribution in [3.63, 3.8) is 0 Å². The fraction of sp³-hybridized carbons (Fsp3) is 0.500. The van der Waals surface area contributed by atoms with E-state index in [1.54, 1.807) is 0 Å². The van der Waals surface area contributed by atoms with Gasteiger partial charge in [-0.2, -0.15) is 4.39 Å². The third-order valence-electron chi connectivity index (χ3n) is 3.88. The summed E-state index contributed by atoms with van der Waals surface area (Å²) in [6.07, 6.45) is 2.66. The van der Waals surface area contributed by atoms with Crippen molar-refractivity contribution in [1.82, 2.24) is 4.98 Å². The van der Waals surface area contributed by atoms with Crippen molar-refractivity contribution in [2.75, 3.05) is 6.67 Å². The van der Waals surface area contributed by atoms with Crippen LogP contribution in [-0.4, -0.2) is 23.8 Å². The first-order chi connectivity index (χ1) is 9.06. The van der Waals surface area contributed by atoms with E-state index >= 15 is 0 Å². The maximum atomic E-state index is 14.0. The van der Waals surface area contributed by atoms with Gasteiger partial charge in [-0.3, -0.25) is 0 Å². The van der Waals surface area contributed by atoms with Gasteiger partial charge in [0.15, 0.2) is 0 Å². The van der Waals surface area contributed by atoms with Crippen LogP contribution in [0.4, 0.5) is 8.78 Å². The number of rotatable bonds is 2. The SMILES string of the molecule is NC1=NC(CF)(c2cc(Br)cnc2F)C2CCC2O1. The number of amidine groups is 1. The molecule has 0 saturated heterocycles. The first-order valence-corrected chi connectivity index (χ1v) is 6.75. The predicted molar refractivity (Wildman–Crippen MR) is 68.8 cm³/mol. The van der Waals surface area contributed by atoms with Gasteiger partial charge in [-0.1, -0.05) is 0 Å². The molecule has 7 heteroatoms. The van der Waals surface area contributed by atoms with Gasteiger partial charge in [0.2, 0.25) is 5.95 Å². The molecule has 0 aromatic carbocycles. The number of hydrogen-bond donors (Lipinski definition) is 1. The molecular formula is C12H12BrF2N3O. The number of nitrogens with zero attached hydrogens (tertiary/aromatic N) is 2. The van der Waals surface area contributed by atoms with Crippen LogP contribution < -0.4 is 5.73 Å². The average molecular weight is 332 g/mol. The van der Waals surface area contributed by atoms with Gasteiger partial charge in [0.25, 0.3) is 6.02 Å². The summed E-state index contributed by atoms with van der Waals surface area (Å²) in [6, 6.07) is 1.43.